The van der Waals surface area contributed by atoms with E-state index >= 15 is 0 Å². The molecule has 0 radical (unpaired) electrons. The Morgan fingerprint density at radius 2 is 1.94 bits per heavy atom. The topological polar surface area (TPSA) is 72.2 Å². The fraction of sp³-hybridized carbons (Fsp3) is 0.182. The van der Waals surface area contributed by atoms with Gasteiger partial charge in [0.2, 0.25) is 0 Å². The van der Waals surface area contributed by atoms with E-state index in [2.05, 4.69) is 14.4 Å². The van der Waals surface area contributed by atoms with Gasteiger partial charge in [0, 0.05) is 6.07 Å². The van der Waals surface area contributed by atoms with E-state index in [-0.39, 0.29) is 10.7 Å². The smallest absolute Gasteiger partial charge is 0.263 e. The predicted octanol–water partition coefficient (Wildman–Crippen LogP) is 2.04. The highest BCUT2D eigenvalue weighted by Gasteiger charge is 2.14. The molecule has 0 fully saturated rings. The molecule has 0 unspecified atom stereocenters. The first-order chi connectivity index (χ1) is 8.12. The molecule has 1 aromatic heterocycles. The summed E-state index contributed by atoms with van der Waals surface area (Å²) < 4.78 is 30.7. The third kappa shape index (κ3) is 2.65. The molecular formula is C11H12N2O3S. The van der Waals surface area contributed by atoms with Crippen LogP contribution in [0.4, 0.5) is 5.82 Å². The summed E-state index contributed by atoms with van der Waals surface area (Å²) in [6.45, 7) is 2.01. The number of benzene rings is 1. The Hall–Kier alpha value is -1.82. The van der Waals surface area contributed by atoms with Gasteiger partial charge in [-0.1, -0.05) is 24.2 Å². The van der Waals surface area contributed by atoms with Gasteiger partial charge in [-0.25, -0.2) is 8.42 Å². The van der Waals surface area contributed by atoms with Crippen LogP contribution in [0.25, 0.3) is 0 Å². The third-order valence-electron chi connectivity index (χ3n) is 2.32. The van der Waals surface area contributed by atoms with Gasteiger partial charge in [0.15, 0.2) is 5.82 Å². The van der Waals surface area contributed by atoms with Crippen LogP contribution in [0, 0.1) is 0 Å². The minimum atomic E-state index is -3.58. The molecule has 0 aliphatic carbocycles. The van der Waals surface area contributed by atoms with Crippen LogP contribution in [-0.4, -0.2) is 13.6 Å². The molecule has 0 aliphatic rings. The Morgan fingerprint density at radius 3 is 2.47 bits per heavy atom. The molecule has 0 spiro atoms. The first-order valence-electron chi connectivity index (χ1n) is 5.14. The fourth-order valence-electron chi connectivity index (χ4n) is 1.37. The van der Waals surface area contributed by atoms with Crippen LogP contribution in [0.3, 0.4) is 0 Å². The van der Waals surface area contributed by atoms with Crippen molar-refractivity contribution in [3.8, 4) is 0 Å². The fourth-order valence-corrected chi connectivity index (χ4v) is 2.36. The number of aryl methyl sites for hydroxylation is 1. The number of sulfonamides is 1. The van der Waals surface area contributed by atoms with E-state index < -0.39 is 10.0 Å². The Balaban J connectivity index is 2.25. The minimum Gasteiger partial charge on any atom is -0.363 e. The van der Waals surface area contributed by atoms with Gasteiger partial charge in [0.25, 0.3) is 10.0 Å². The van der Waals surface area contributed by atoms with Crippen molar-refractivity contribution >= 4 is 15.8 Å². The first-order valence-corrected chi connectivity index (χ1v) is 6.62. The van der Waals surface area contributed by atoms with Gasteiger partial charge in [-0.2, -0.15) is 0 Å². The molecule has 6 heteroatoms. The van der Waals surface area contributed by atoms with Crippen molar-refractivity contribution in [1.29, 1.82) is 0 Å². The summed E-state index contributed by atoms with van der Waals surface area (Å²) in [5.74, 6) is 0.171. The van der Waals surface area contributed by atoms with Crippen LogP contribution in [-0.2, 0) is 16.4 Å². The average Bonchev–Trinajstić information content (AvgIpc) is 2.81. The van der Waals surface area contributed by atoms with Crippen molar-refractivity contribution in [1.82, 2.24) is 5.16 Å². The van der Waals surface area contributed by atoms with Crippen molar-refractivity contribution in [3.05, 3.63) is 42.2 Å². The molecule has 17 heavy (non-hydrogen) atoms. The molecule has 90 valence electrons. The standard InChI is InChI=1S/C11H12N2O3S/c1-2-9-3-5-10(6-4-9)17(14,15)13-11-7-8-16-12-11/h3-8H,2H2,1H3,(H,12,13). The highest BCUT2D eigenvalue weighted by atomic mass is 32.2. The Labute approximate surface area is 99.5 Å². The quantitative estimate of drug-likeness (QED) is 0.903. The molecule has 2 aromatic rings. The maximum atomic E-state index is 11.9. The second-order valence-electron chi connectivity index (χ2n) is 3.49. The zero-order chi connectivity index (χ0) is 12.3. The Morgan fingerprint density at radius 1 is 1.24 bits per heavy atom. The zero-order valence-electron chi connectivity index (χ0n) is 9.25. The van der Waals surface area contributed by atoms with Crippen LogP contribution in [0.1, 0.15) is 12.5 Å². The lowest BCUT2D eigenvalue weighted by Crippen LogP contribution is -2.13. The summed E-state index contributed by atoms with van der Waals surface area (Å²) in [7, 11) is -3.58. The van der Waals surface area contributed by atoms with E-state index in [9.17, 15) is 8.42 Å². The van der Waals surface area contributed by atoms with Gasteiger partial charge < -0.3 is 4.52 Å². The number of nitrogens with zero attached hydrogens (tertiary/aromatic N) is 1. The second kappa shape index (κ2) is 4.58. The van der Waals surface area contributed by atoms with Crippen LogP contribution in [0.15, 0.2) is 46.0 Å². The third-order valence-corrected chi connectivity index (χ3v) is 3.69. The lowest BCUT2D eigenvalue weighted by Gasteiger charge is -2.05. The largest absolute Gasteiger partial charge is 0.363 e. The summed E-state index contributed by atoms with van der Waals surface area (Å²) in [5.41, 5.74) is 1.09. The number of nitrogens with one attached hydrogen (secondary N) is 1. The molecule has 1 aromatic carbocycles. The Bertz CT molecular complexity index is 574. The molecule has 1 N–H and O–H groups in total. The minimum absolute atomic E-state index is 0.171. The van der Waals surface area contributed by atoms with E-state index in [0.29, 0.717) is 0 Å². The molecule has 1 heterocycles. The van der Waals surface area contributed by atoms with Gasteiger partial charge in [-0.15, -0.1) is 0 Å². The van der Waals surface area contributed by atoms with Gasteiger partial charge in [0.05, 0.1) is 4.90 Å². The van der Waals surface area contributed by atoms with Crippen molar-refractivity contribution < 1.29 is 12.9 Å². The lowest BCUT2D eigenvalue weighted by atomic mass is 10.2. The van der Waals surface area contributed by atoms with Gasteiger partial charge in [-0.05, 0) is 24.1 Å². The molecule has 0 saturated carbocycles. The van der Waals surface area contributed by atoms with Gasteiger partial charge in [0.1, 0.15) is 6.26 Å². The lowest BCUT2D eigenvalue weighted by molar-refractivity contribution is 0.423. The zero-order valence-corrected chi connectivity index (χ0v) is 10.1. The maximum absolute atomic E-state index is 11.9. The molecule has 0 atom stereocenters. The Kier molecular flexibility index (Phi) is 3.14. The summed E-state index contributed by atoms with van der Waals surface area (Å²) >= 11 is 0. The van der Waals surface area contributed by atoms with Crippen molar-refractivity contribution in [3.63, 3.8) is 0 Å². The SMILES string of the molecule is CCc1ccc(S(=O)(=O)Nc2ccon2)cc1. The van der Waals surface area contributed by atoms with E-state index in [1.165, 1.54) is 12.3 Å². The molecule has 2 rings (SSSR count). The van der Waals surface area contributed by atoms with Crippen LogP contribution in [0.2, 0.25) is 0 Å². The number of anilines is 1. The van der Waals surface area contributed by atoms with Crippen LogP contribution in [0.5, 0.6) is 0 Å². The van der Waals surface area contributed by atoms with E-state index in [4.69, 9.17) is 0 Å². The van der Waals surface area contributed by atoms with E-state index in [1.54, 1.807) is 24.3 Å². The summed E-state index contributed by atoms with van der Waals surface area (Å²) in [4.78, 5) is 0.206. The van der Waals surface area contributed by atoms with Crippen molar-refractivity contribution in [2.45, 2.75) is 18.2 Å². The molecule has 0 aliphatic heterocycles. The number of aromatic nitrogens is 1. The number of hydrogen-bond donors (Lipinski definition) is 1. The van der Waals surface area contributed by atoms with Crippen LogP contribution >= 0.6 is 0 Å². The highest BCUT2D eigenvalue weighted by Crippen LogP contribution is 2.15. The molecule has 0 amide bonds. The second-order valence-corrected chi connectivity index (χ2v) is 5.17. The highest BCUT2D eigenvalue weighted by molar-refractivity contribution is 7.92. The first kappa shape index (κ1) is 11.7. The summed E-state index contributed by atoms with van der Waals surface area (Å²) in [5, 5.41) is 3.50. The van der Waals surface area contributed by atoms with E-state index in [0.717, 1.165) is 12.0 Å². The maximum Gasteiger partial charge on any atom is 0.263 e. The molecular weight excluding hydrogens is 240 g/mol. The van der Waals surface area contributed by atoms with E-state index in [1.807, 2.05) is 6.92 Å². The summed E-state index contributed by atoms with van der Waals surface area (Å²) in [6.07, 6.45) is 2.18. The number of hydrogen-bond acceptors (Lipinski definition) is 4. The van der Waals surface area contributed by atoms with Gasteiger partial charge >= 0.3 is 0 Å². The molecule has 0 saturated heterocycles. The molecule has 0 bridgehead atoms. The van der Waals surface area contributed by atoms with Crippen molar-refractivity contribution in [2.75, 3.05) is 4.72 Å². The number of rotatable bonds is 4. The monoisotopic (exact) mass is 252 g/mol. The summed E-state index contributed by atoms with van der Waals surface area (Å²) in [6, 6.07) is 8.16. The van der Waals surface area contributed by atoms with Gasteiger partial charge in [-0.3, -0.25) is 4.72 Å². The predicted molar refractivity (Wildman–Crippen MR) is 63.1 cm³/mol. The normalized spacial score (nSPS) is 11.4. The molecule has 5 nitrogen and oxygen atoms in total. The van der Waals surface area contributed by atoms with Crippen LogP contribution < -0.4 is 4.72 Å². The average molecular weight is 252 g/mol. The van der Waals surface area contributed by atoms with Crippen molar-refractivity contribution in [2.24, 2.45) is 0 Å².